The third-order valence-corrected chi connectivity index (χ3v) is 10.1. The van der Waals surface area contributed by atoms with Crippen LogP contribution in [0.25, 0.3) is 120 Å². The van der Waals surface area contributed by atoms with Gasteiger partial charge in [-0.05, 0) is 41.3 Å². The number of furan rings is 2. The van der Waals surface area contributed by atoms with Gasteiger partial charge in [0.25, 0.3) is 0 Å². The summed E-state index contributed by atoms with van der Waals surface area (Å²) in [5.74, 6) is -2.22. The van der Waals surface area contributed by atoms with Crippen molar-refractivity contribution < 1.29 is 48.6 Å². The zero-order chi connectivity index (χ0) is 62.7. The molecule has 0 radical (unpaired) electrons. The van der Waals surface area contributed by atoms with E-state index in [1.165, 1.54) is 0 Å². The maximum absolute atomic E-state index is 9.93. The standard InChI is InChI=1S/C51H29N3O2S/c1-3-13-30(14-4-1)49-52-50(31-15-5-2-6-16-31)54-51(53-49)41-22-12-21-39-35-26-25-32(29-44(35)57-48(39)41)33-27-28-36(45-40-18-8-10-24-43(40)56-47(33)45)38-20-11-19-37-34-17-7-9-23-42(34)55-46(37)38/h1-29H/i1D,2D,3D,4D,5D,6D,7D,8D,9D,10D,11D,12D,13D,14D,15D,16D,17D,18D,19D,20D,21D,22D,23D,24D,25D,26D,27D,28D,29D. The van der Waals surface area contributed by atoms with Crippen molar-refractivity contribution in [2.45, 2.75) is 0 Å². The van der Waals surface area contributed by atoms with Crippen molar-refractivity contribution in [3.05, 3.63) is 175 Å². The number of thiophene rings is 1. The molecular weight excluding hydrogens is 719 g/mol. The van der Waals surface area contributed by atoms with Gasteiger partial charge in [-0.1, -0.05) is 145 Å². The zero-order valence-electron chi connectivity index (χ0n) is 57.1. The fourth-order valence-electron chi connectivity index (χ4n) is 6.48. The number of aromatic nitrogens is 3. The van der Waals surface area contributed by atoms with Gasteiger partial charge in [-0.3, -0.25) is 0 Å². The van der Waals surface area contributed by atoms with Crippen LogP contribution in [-0.4, -0.2) is 15.0 Å². The Labute approximate surface area is 370 Å². The molecule has 4 heterocycles. The molecule has 0 N–H and O–H groups in total. The molecule has 57 heavy (non-hydrogen) atoms. The quantitative estimate of drug-likeness (QED) is 0.174. The lowest BCUT2D eigenvalue weighted by Crippen LogP contribution is -2.00. The van der Waals surface area contributed by atoms with Crippen LogP contribution < -0.4 is 0 Å². The Morgan fingerprint density at radius 1 is 0.386 bits per heavy atom. The summed E-state index contributed by atoms with van der Waals surface area (Å²) in [5.41, 5.74) is -6.83. The molecule has 5 nitrogen and oxygen atoms in total. The van der Waals surface area contributed by atoms with Gasteiger partial charge in [-0.2, -0.15) is 0 Å². The number of rotatable bonds is 5. The smallest absolute Gasteiger partial charge is 0.165 e. The van der Waals surface area contributed by atoms with Crippen LogP contribution in [0, 0.1) is 0 Å². The molecule has 0 amide bonds. The molecule has 0 saturated heterocycles. The van der Waals surface area contributed by atoms with Gasteiger partial charge in [0.1, 0.15) is 22.3 Å². The Bertz CT molecular complexity index is 5100. The maximum atomic E-state index is 9.93. The van der Waals surface area contributed by atoms with E-state index in [0.29, 0.717) is 11.3 Å². The molecule has 0 saturated carbocycles. The second-order valence-corrected chi connectivity index (χ2v) is 13.1. The third-order valence-electron chi connectivity index (χ3n) is 8.93. The first kappa shape index (κ1) is 14.6. The molecule has 8 aromatic carbocycles. The van der Waals surface area contributed by atoms with E-state index in [9.17, 15) is 12.3 Å². The van der Waals surface area contributed by atoms with Gasteiger partial charge in [0.2, 0.25) is 0 Å². The SMILES string of the molecule is [2H]c1c([2H])c([2H])c(-c2nc(-c3c([2H])c([2H])c([2H])c([2H])c3[2H])nc(-c3c([2H])c([2H])c([2H])c4c3sc3c([2H])c(-c5c([2H])c([2H])c(-c6c([2H])c([2H])c([2H])c7c6oc6c([2H])c([2H])c([2H])c([2H])c67)c6c5oc5c([2H])c([2H])c([2H])c([2H])c56)c([2H])c([2H])c34)n2)c([2H])c1[2H]. The highest BCUT2D eigenvalue weighted by atomic mass is 32.1. The monoisotopic (exact) mass is 776 g/mol. The largest absolute Gasteiger partial charge is 0.455 e. The van der Waals surface area contributed by atoms with Crippen LogP contribution in [-0.2, 0) is 0 Å². The molecular formula is C51H29N3O2S. The third kappa shape index (κ3) is 5.04. The Morgan fingerprint density at radius 2 is 0.965 bits per heavy atom. The second kappa shape index (κ2) is 12.6. The summed E-state index contributed by atoms with van der Waals surface area (Å²) in [6, 6.07) is -24.2. The van der Waals surface area contributed by atoms with Crippen LogP contribution >= 0.6 is 11.3 Å². The fraction of sp³-hybridized carbons (Fsp3) is 0. The average Bonchev–Trinajstić information content (AvgIpc) is 1.50. The van der Waals surface area contributed by atoms with E-state index in [1.807, 2.05) is 0 Å². The van der Waals surface area contributed by atoms with Crippen LogP contribution in [0.3, 0.4) is 0 Å². The fourth-order valence-corrected chi connectivity index (χ4v) is 7.59. The first-order valence-corrected chi connectivity index (χ1v) is 17.4. The van der Waals surface area contributed by atoms with E-state index < -0.39 is 270 Å². The van der Waals surface area contributed by atoms with Crippen LogP contribution in [0.4, 0.5) is 0 Å². The molecule has 4 aromatic heterocycles. The lowest BCUT2D eigenvalue weighted by molar-refractivity contribution is 0.669. The molecule has 0 bridgehead atoms. The zero-order valence-corrected chi connectivity index (χ0v) is 28.9. The van der Waals surface area contributed by atoms with Crippen molar-refractivity contribution in [1.82, 2.24) is 15.0 Å². The van der Waals surface area contributed by atoms with E-state index in [4.69, 9.17) is 36.2 Å². The number of hydrogen-bond acceptors (Lipinski definition) is 6. The normalized spacial score (nSPS) is 19.0. The van der Waals surface area contributed by atoms with Crippen LogP contribution in [0.2, 0.25) is 0 Å². The lowest BCUT2D eigenvalue weighted by atomic mass is 9.93. The summed E-state index contributed by atoms with van der Waals surface area (Å²) in [4.78, 5) is 13.1. The Balaban J connectivity index is 1.22. The predicted octanol–water partition coefficient (Wildman–Crippen LogP) is 14.4. The van der Waals surface area contributed by atoms with E-state index in [2.05, 4.69) is 15.0 Å². The molecule has 12 aromatic rings. The number of benzene rings is 8. The summed E-state index contributed by atoms with van der Waals surface area (Å²) >= 11 is 0.536. The molecule has 0 unspecified atom stereocenters. The summed E-state index contributed by atoms with van der Waals surface area (Å²) in [7, 11) is 0. The van der Waals surface area contributed by atoms with Crippen molar-refractivity contribution >= 4 is 75.4 Å². The second-order valence-electron chi connectivity index (χ2n) is 12.1. The van der Waals surface area contributed by atoms with Crippen LogP contribution in [0.1, 0.15) is 39.8 Å². The Morgan fingerprint density at radius 3 is 1.72 bits per heavy atom. The molecule has 0 aliphatic heterocycles. The number of hydrogen-bond donors (Lipinski definition) is 0. The maximum Gasteiger partial charge on any atom is 0.165 e. The van der Waals surface area contributed by atoms with Crippen molar-refractivity contribution in [3.63, 3.8) is 0 Å². The van der Waals surface area contributed by atoms with Crippen molar-refractivity contribution in [2.75, 3.05) is 0 Å². The molecule has 266 valence electrons. The summed E-state index contributed by atoms with van der Waals surface area (Å²) in [6.07, 6.45) is 0. The van der Waals surface area contributed by atoms with Gasteiger partial charge in [0, 0.05) is 69.5 Å². The molecule has 0 aliphatic carbocycles. The number of nitrogens with zero attached hydrogens (tertiary/aromatic N) is 3. The Kier molecular flexibility index (Phi) is 3.22. The molecule has 0 spiro atoms. The van der Waals surface area contributed by atoms with E-state index in [0.717, 1.165) is 0 Å². The molecule has 0 aliphatic rings. The number of para-hydroxylation sites is 3. The van der Waals surface area contributed by atoms with Gasteiger partial charge in [0.05, 0.1) is 39.8 Å². The van der Waals surface area contributed by atoms with Gasteiger partial charge >= 0.3 is 0 Å². The summed E-state index contributed by atoms with van der Waals surface area (Å²) in [5, 5.41) is -2.59. The molecule has 12 rings (SSSR count). The number of fused-ring (bicyclic) bond motifs is 9. The Hall–Kier alpha value is -7.41. The van der Waals surface area contributed by atoms with E-state index >= 15 is 0 Å². The summed E-state index contributed by atoms with van der Waals surface area (Å²) < 4.78 is 270. The average molecular weight is 777 g/mol. The van der Waals surface area contributed by atoms with Crippen molar-refractivity contribution in [2.24, 2.45) is 0 Å². The molecule has 6 heteroatoms. The predicted molar refractivity (Wildman–Crippen MR) is 234 cm³/mol. The summed E-state index contributed by atoms with van der Waals surface area (Å²) in [6.45, 7) is 0. The minimum Gasteiger partial charge on any atom is -0.455 e. The van der Waals surface area contributed by atoms with Gasteiger partial charge in [-0.25, -0.2) is 15.0 Å². The van der Waals surface area contributed by atoms with E-state index in [1.54, 1.807) is 0 Å². The first-order valence-electron chi connectivity index (χ1n) is 31.1. The van der Waals surface area contributed by atoms with Gasteiger partial charge in [0.15, 0.2) is 17.5 Å². The van der Waals surface area contributed by atoms with Gasteiger partial charge in [-0.15, -0.1) is 11.3 Å². The van der Waals surface area contributed by atoms with E-state index in [-0.39, 0.29) is 25.6 Å². The lowest BCUT2D eigenvalue weighted by Gasteiger charge is -2.09. The molecule has 0 fully saturated rings. The minimum atomic E-state index is -0.965. The van der Waals surface area contributed by atoms with Gasteiger partial charge < -0.3 is 8.83 Å². The van der Waals surface area contributed by atoms with Crippen LogP contribution in [0.15, 0.2) is 184 Å². The van der Waals surface area contributed by atoms with Crippen LogP contribution in [0.5, 0.6) is 0 Å². The minimum absolute atomic E-state index is 0.279. The highest BCUT2D eigenvalue weighted by molar-refractivity contribution is 7.26. The highest BCUT2D eigenvalue weighted by Crippen LogP contribution is 2.46. The van der Waals surface area contributed by atoms with Crippen molar-refractivity contribution in [1.29, 1.82) is 0 Å². The van der Waals surface area contributed by atoms with Crippen molar-refractivity contribution in [3.8, 4) is 56.4 Å². The topological polar surface area (TPSA) is 65.0 Å². The molecule has 0 atom stereocenters. The highest BCUT2D eigenvalue weighted by Gasteiger charge is 2.22. The first-order chi connectivity index (χ1) is 40.3.